The molecule has 0 aromatic heterocycles. The quantitative estimate of drug-likeness (QED) is 0.353. The van der Waals surface area contributed by atoms with Gasteiger partial charge in [-0.15, -0.1) is 0 Å². The largest absolute Gasteiger partial charge is 0.462 e. The van der Waals surface area contributed by atoms with Crippen molar-refractivity contribution < 1.29 is 33.3 Å². The van der Waals surface area contributed by atoms with Gasteiger partial charge in [-0.3, -0.25) is 14.4 Å². The van der Waals surface area contributed by atoms with Gasteiger partial charge in [-0.2, -0.15) is 0 Å². The van der Waals surface area contributed by atoms with Crippen LogP contribution in [0.15, 0.2) is 18.2 Å². The molecule has 7 nitrogen and oxygen atoms in total. The van der Waals surface area contributed by atoms with Crippen LogP contribution in [0.5, 0.6) is 5.75 Å². The van der Waals surface area contributed by atoms with Crippen LogP contribution in [0.3, 0.4) is 0 Å². The fourth-order valence-corrected chi connectivity index (χ4v) is 2.42. The van der Waals surface area contributed by atoms with E-state index in [1.165, 1.54) is 0 Å². The van der Waals surface area contributed by atoms with E-state index in [0.717, 1.165) is 0 Å². The maximum atomic E-state index is 12.2. The first kappa shape index (κ1) is 22.9. The van der Waals surface area contributed by atoms with Crippen LogP contribution in [0.4, 0.5) is 0 Å². The van der Waals surface area contributed by atoms with Crippen LogP contribution >= 0.6 is 0 Å². The molecular formula is C22H30O7. The predicted octanol–water partition coefficient (Wildman–Crippen LogP) is 3.37. The number of carbonyl (C=O) groups is 3. The Bertz CT molecular complexity index is 760. The molecule has 0 amide bonds. The molecule has 1 aromatic carbocycles. The van der Waals surface area contributed by atoms with Crippen molar-refractivity contribution in [3.05, 3.63) is 29.3 Å². The summed E-state index contributed by atoms with van der Waals surface area (Å²) >= 11 is 0. The van der Waals surface area contributed by atoms with E-state index >= 15 is 0 Å². The molecule has 29 heavy (non-hydrogen) atoms. The van der Waals surface area contributed by atoms with Crippen molar-refractivity contribution in [2.24, 2.45) is 17.8 Å². The number of esters is 3. The molecule has 160 valence electrons. The number of epoxide rings is 1. The van der Waals surface area contributed by atoms with E-state index in [9.17, 15) is 14.4 Å². The second kappa shape index (κ2) is 9.39. The lowest BCUT2D eigenvalue weighted by Crippen LogP contribution is -2.24. The van der Waals surface area contributed by atoms with Crippen molar-refractivity contribution in [3.8, 4) is 5.75 Å². The highest BCUT2D eigenvalue weighted by atomic mass is 16.6. The molecule has 1 aliphatic heterocycles. The summed E-state index contributed by atoms with van der Waals surface area (Å²) in [6.45, 7) is 11.0. The Hall–Kier alpha value is -2.41. The maximum absolute atomic E-state index is 12.2. The molecule has 7 heteroatoms. The molecule has 2 rings (SSSR count). The second-order valence-electron chi connectivity index (χ2n) is 8.21. The van der Waals surface area contributed by atoms with Crippen LogP contribution in [0.1, 0.15) is 52.7 Å². The molecule has 1 heterocycles. The third-order valence-corrected chi connectivity index (χ3v) is 4.48. The number of benzene rings is 1. The Morgan fingerprint density at radius 1 is 0.931 bits per heavy atom. The van der Waals surface area contributed by atoms with Crippen molar-refractivity contribution in [2.45, 2.75) is 53.8 Å². The lowest BCUT2D eigenvalue weighted by Gasteiger charge is -2.19. The van der Waals surface area contributed by atoms with Crippen LogP contribution in [-0.4, -0.2) is 31.1 Å². The van der Waals surface area contributed by atoms with Crippen molar-refractivity contribution >= 4 is 17.9 Å². The van der Waals surface area contributed by atoms with Crippen molar-refractivity contribution in [2.75, 3.05) is 13.2 Å². The summed E-state index contributed by atoms with van der Waals surface area (Å²) in [5.74, 6) is -1.50. The maximum Gasteiger partial charge on any atom is 0.313 e. The first-order chi connectivity index (χ1) is 13.6. The summed E-state index contributed by atoms with van der Waals surface area (Å²) in [6.07, 6.45) is 0. The Morgan fingerprint density at radius 3 is 2.00 bits per heavy atom. The predicted molar refractivity (Wildman–Crippen MR) is 105 cm³/mol. The molecule has 1 fully saturated rings. The molecule has 0 bridgehead atoms. The number of carbonyl (C=O) groups excluding carboxylic acids is 3. The Kier molecular flexibility index (Phi) is 7.41. The van der Waals surface area contributed by atoms with Gasteiger partial charge < -0.3 is 18.9 Å². The topological polar surface area (TPSA) is 91.4 Å². The van der Waals surface area contributed by atoms with Gasteiger partial charge in [0.05, 0.1) is 24.4 Å². The summed E-state index contributed by atoms with van der Waals surface area (Å²) < 4.78 is 21.8. The molecule has 1 atom stereocenters. The average molecular weight is 406 g/mol. The van der Waals surface area contributed by atoms with Gasteiger partial charge in [-0.25, -0.2) is 0 Å². The Balaban J connectivity index is 2.24. The molecule has 0 saturated carbocycles. The second-order valence-corrected chi connectivity index (χ2v) is 8.21. The van der Waals surface area contributed by atoms with Crippen molar-refractivity contribution in [1.29, 1.82) is 0 Å². The van der Waals surface area contributed by atoms with Crippen LogP contribution in [0.25, 0.3) is 0 Å². The molecule has 1 unspecified atom stereocenters. The zero-order valence-corrected chi connectivity index (χ0v) is 17.9. The minimum Gasteiger partial charge on any atom is -0.462 e. The van der Waals surface area contributed by atoms with Crippen LogP contribution < -0.4 is 4.74 Å². The average Bonchev–Trinajstić information content (AvgIpc) is 3.44. The molecule has 1 aliphatic rings. The number of hydrogen-bond donors (Lipinski definition) is 0. The van der Waals surface area contributed by atoms with Crippen molar-refractivity contribution in [1.82, 2.24) is 0 Å². The summed E-state index contributed by atoms with van der Waals surface area (Å²) in [7, 11) is 0. The lowest BCUT2D eigenvalue weighted by atomic mass is 9.98. The van der Waals surface area contributed by atoms with E-state index in [1.54, 1.807) is 59.7 Å². The van der Waals surface area contributed by atoms with E-state index in [1.807, 2.05) is 0 Å². The van der Waals surface area contributed by atoms with Gasteiger partial charge in [0.15, 0.2) is 5.60 Å². The van der Waals surface area contributed by atoms with Gasteiger partial charge >= 0.3 is 17.9 Å². The highest BCUT2D eigenvalue weighted by Crippen LogP contribution is 2.44. The summed E-state index contributed by atoms with van der Waals surface area (Å²) in [5, 5.41) is 0. The normalized spacial score (nSPS) is 18.1. The Labute approximate surface area is 171 Å². The molecule has 1 saturated heterocycles. The smallest absolute Gasteiger partial charge is 0.313 e. The molecule has 0 spiro atoms. The minimum absolute atomic E-state index is 0.0396. The summed E-state index contributed by atoms with van der Waals surface area (Å²) in [5.41, 5.74) is 0.482. The summed E-state index contributed by atoms with van der Waals surface area (Å²) in [6, 6.07) is 5.21. The highest BCUT2D eigenvalue weighted by molar-refractivity contribution is 5.75. The first-order valence-electron chi connectivity index (χ1n) is 9.88. The fourth-order valence-electron chi connectivity index (χ4n) is 2.42. The number of rotatable bonds is 9. The van der Waals surface area contributed by atoms with Crippen LogP contribution in [0, 0.1) is 17.8 Å². The van der Waals surface area contributed by atoms with E-state index in [4.69, 9.17) is 18.9 Å². The molecule has 0 aliphatic carbocycles. The van der Waals surface area contributed by atoms with E-state index in [2.05, 4.69) is 0 Å². The van der Waals surface area contributed by atoms with Crippen molar-refractivity contribution in [3.63, 3.8) is 0 Å². The first-order valence-corrected chi connectivity index (χ1v) is 9.88. The third-order valence-electron chi connectivity index (χ3n) is 4.48. The van der Waals surface area contributed by atoms with Gasteiger partial charge in [0.2, 0.25) is 0 Å². The van der Waals surface area contributed by atoms with Gasteiger partial charge in [-0.1, -0.05) is 53.7 Å². The fraction of sp³-hybridized carbons (Fsp3) is 0.591. The van der Waals surface area contributed by atoms with Gasteiger partial charge in [0, 0.05) is 5.56 Å². The lowest BCUT2D eigenvalue weighted by molar-refractivity contribution is -0.149. The van der Waals surface area contributed by atoms with E-state index < -0.39 is 11.6 Å². The number of hydrogen-bond acceptors (Lipinski definition) is 7. The van der Waals surface area contributed by atoms with Gasteiger partial charge in [0.1, 0.15) is 19.0 Å². The number of ether oxygens (including phenoxy) is 4. The Morgan fingerprint density at radius 2 is 1.48 bits per heavy atom. The monoisotopic (exact) mass is 406 g/mol. The molecule has 0 radical (unpaired) electrons. The standard InChI is InChI=1S/C22H30O7/c1-13(2)19(23)26-10-16-7-8-17(18(9-16)29-21(25)15(5)6)22(12-28-22)11-27-20(24)14(3)4/h7-9,13-15H,10-12H2,1-6H3. The molecule has 0 N–H and O–H groups in total. The zero-order chi connectivity index (χ0) is 21.8. The van der Waals surface area contributed by atoms with Crippen LogP contribution in [-0.2, 0) is 40.8 Å². The third kappa shape index (κ3) is 6.03. The van der Waals surface area contributed by atoms with Gasteiger partial charge in [0.25, 0.3) is 0 Å². The summed E-state index contributed by atoms with van der Waals surface area (Å²) in [4.78, 5) is 35.8. The molecular weight excluding hydrogens is 376 g/mol. The highest BCUT2D eigenvalue weighted by Gasteiger charge is 2.50. The van der Waals surface area contributed by atoms with E-state index in [0.29, 0.717) is 23.5 Å². The molecule has 1 aromatic rings. The van der Waals surface area contributed by atoms with Crippen LogP contribution in [0.2, 0.25) is 0 Å². The van der Waals surface area contributed by atoms with E-state index in [-0.39, 0.29) is 42.9 Å². The van der Waals surface area contributed by atoms with Gasteiger partial charge in [-0.05, 0) is 11.6 Å². The SMILES string of the molecule is CC(C)C(=O)OCc1ccc(C2(COC(=O)C(C)C)CO2)c(OC(=O)C(C)C)c1. The minimum atomic E-state index is -0.829. The zero-order valence-electron chi connectivity index (χ0n) is 17.9.